The summed E-state index contributed by atoms with van der Waals surface area (Å²) >= 11 is 13.2. The van der Waals surface area contributed by atoms with Crippen LogP contribution in [-0.4, -0.2) is 53.7 Å². The number of halogens is 2. The first-order chi connectivity index (χ1) is 11.3. The van der Waals surface area contributed by atoms with E-state index in [2.05, 4.69) is 11.6 Å². The Morgan fingerprint density at radius 1 is 1.42 bits per heavy atom. The molecule has 2 heterocycles. The molecule has 2 fully saturated rings. The Morgan fingerprint density at radius 3 is 2.83 bits per heavy atom. The fourth-order valence-electron chi connectivity index (χ4n) is 2.80. The summed E-state index contributed by atoms with van der Waals surface area (Å²) in [4.78, 5) is 18.4. The third-order valence-electron chi connectivity index (χ3n) is 3.86. The van der Waals surface area contributed by atoms with Crippen molar-refractivity contribution in [2.75, 3.05) is 18.1 Å². The second kappa shape index (κ2) is 6.71. The Bertz CT molecular complexity index is 839. The van der Waals surface area contributed by atoms with E-state index in [1.54, 1.807) is 12.1 Å². The van der Waals surface area contributed by atoms with E-state index in [0.717, 1.165) is 0 Å². The van der Waals surface area contributed by atoms with E-state index in [-0.39, 0.29) is 33.4 Å². The molecule has 0 N–H and O–H groups in total. The lowest BCUT2D eigenvalue weighted by Gasteiger charge is -2.22. The van der Waals surface area contributed by atoms with Crippen LogP contribution in [-0.2, 0) is 9.84 Å². The highest BCUT2D eigenvalue weighted by atomic mass is 35.5. The summed E-state index contributed by atoms with van der Waals surface area (Å²) in [5.74, 6) is -0.297. The standard InChI is InChI=1S/C15H14Cl2N2O3S2/c1-2-5-19-12-7-24(21,22)8-13(12)23-15(19)18-14(20)10-4-3-9(16)6-11(10)17/h2-4,6,12-13H,1,5,7-8H2/t12-,13+/m0/s1. The summed E-state index contributed by atoms with van der Waals surface area (Å²) in [6.07, 6.45) is 1.67. The molecule has 0 radical (unpaired) electrons. The molecule has 1 aromatic rings. The maximum atomic E-state index is 12.4. The molecular formula is C15H14Cl2N2O3S2. The molecule has 0 aliphatic carbocycles. The van der Waals surface area contributed by atoms with Crippen LogP contribution in [0.5, 0.6) is 0 Å². The molecule has 0 aromatic heterocycles. The molecular weight excluding hydrogens is 391 g/mol. The van der Waals surface area contributed by atoms with Crippen molar-refractivity contribution in [2.45, 2.75) is 11.3 Å². The number of nitrogens with zero attached hydrogens (tertiary/aromatic N) is 2. The van der Waals surface area contributed by atoms with Crippen molar-refractivity contribution in [2.24, 2.45) is 4.99 Å². The number of carbonyl (C=O) groups is 1. The highest BCUT2D eigenvalue weighted by molar-refractivity contribution is 8.15. The number of benzene rings is 1. The topological polar surface area (TPSA) is 66.8 Å². The van der Waals surface area contributed by atoms with E-state index < -0.39 is 15.7 Å². The minimum atomic E-state index is -3.04. The Morgan fingerprint density at radius 2 is 2.17 bits per heavy atom. The van der Waals surface area contributed by atoms with Gasteiger partial charge in [0, 0.05) is 16.8 Å². The number of aliphatic imine (C=N–C) groups is 1. The number of fused-ring (bicyclic) bond motifs is 1. The van der Waals surface area contributed by atoms with Gasteiger partial charge in [-0.2, -0.15) is 4.99 Å². The second-order valence-electron chi connectivity index (χ2n) is 5.57. The lowest BCUT2D eigenvalue weighted by atomic mass is 10.2. The third kappa shape index (κ3) is 3.49. The van der Waals surface area contributed by atoms with Gasteiger partial charge in [0.25, 0.3) is 5.91 Å². The number of carbonyl (C=O) groups excluding carboxylic acids is 1. The highest BCUT2D eigenvalue weighted by Gasteiger charge is 2.48. The van der Waals surface area contributed by atoms with Crippen molar-refractivity contribution in [3.05, 3.63) is 46.5 Å². The summed E-state index contributed by atoms with van der Waals surface area (Å²) in [5, 5.41) is 1.07. The van der Waals surface area contributed by atoms with Crippen molar-refractivity contribution in [3.63, 3.8) is 0 Å². The molecule has 0 unspecified atom stereocenters. The molecule has 2 aliphatic heterocycles. The predicted octanol–water partition coefficient (Wildman–Crippen LogP) is 2.89. The van der Waals surface area contributed by atoms with E-state index in [0.29, 0.717) is 16.7 Å². The molecule has 1 amide bonds. The molecule has 3 rings (SSSR count). The summed E-state index contributed by atoms with van der Waals surface area (Å²) in [5.41, 5.74) is 0.261. The minimum Gasteiger partial charge on any atom is -0.342 e. The third-order valence-corrected chi connectivity index (χ3v) is 7.65. The lowest BCUT2D eigenvalue weighted by Crippen LogP contribution is -2.37. The van der Waals surface area contributed by atoms with Crippen LogP contribution in [0.3, 0.4) is 0 Å². The summed E-state index contributed by atoms with van der Waals surface area (Å²) in [7, 11) is -3.04. The van der Waals surface area contributed by atoms with Crippen LogP contribution >= 0.6 is 35.0 Å². The van der Waals surface area contributed by atoms with Gasteiger partial charge in [-0.15, -0.1) is 6.58 Å². The molecule has 2 saturated heterocycles. The predicted molar refractivity (Wildman–Crippen MR) is 99.0 cm³/mol. The van der Waals surface area contributed by atoms with E-state index in [1.165, 1.54) is 23.9 Å². The molecule has 0 spiro atoms. The van der Waals surface area contributed by atoms with Gasteiger partial charge in [-0.3, -0.25) is 4.79 Å². The van der Waals surface area contributed by atoms with Crippen molar-refractivity contribution < 1.29 is 13.2 Å². The quantitative estimate of drug-likeness (QED) is 0.724. The number of amides is 1. The van der Waals surface area contributed by atoms with Crippen molar-refractivity contribution in [1.29, 1.82) is 0 Å². The molecule has 2 aliphatic rings. The maximum absolute atomic E-state index is 12.4. The van der Waals surface area contributed by atoms with E-state index in [4.69, 9.17) is 23.2 Å². The van der Waals surface area contributed by atoms with Crippen molar-refractivity contribution >= 4 is 55.9 Å². The highest BCUT2D eigenvalue weighted by Crippen LogP contribution is 2.38. The number of hydrogen-bond donors (Lipinski definition) is 0. The van der Waals surface area contributed by atoms with Gasteiger partial charge < -0.3 is 4.90 Å². The first-order valence-electron chi connectivity index (χ1n) is 7.13. The monoisotopic (exact) mass is 404 g/mol. The summed E-state index contributed by atoms with van der Waals surface area (Å²) < 4.78 is 23.6. The van der Waals surface area contributed by atoms with Gasteiger partial charge in [-0.1, -0.05) is 41.0 Å². The first-order valence-corrected chi connectivity index (χ1v) is 10.6. The maximum Gasteiger partial charge on any atom is 0.280 e. The average Bonchev–Trinajstić information content (AvgIpc) is 2.92. The molecule has 24 heavy (non-hydrogen) atoms. The van der Waals surface area contributed by atoms with Gasteiger partial charge in [-0.25, -0.2) is 8.42 Å². The first kappa shape index (κ1) is 17.8. The van der Waals surface area contributed by atoms with E-state index in [9.17, 15) is 13.2 Å². The SMILES string of the molecule is C=CCN1C(=NC(=O)c2ccc(Cl)cc2Cl)S[C@@H]2CS(=O)(=O)C[C@@H]21. The van der Waals surface area contributed by atoms with Gasteiger partial charge >= 0.3 is 0 Å². The Hall–Kier alpha value is -1.02. The zero-order chi connectivity index (χ0) is 17.5. The van der Waals surface area contributed by atoms with Crippen LogP contribution in [0, 0.1) is 0 Å². The summed E-state index contributed by atoms with van der Waals surface area (Å²) in [6, 6.07) is 4.41. The van der Waals surface area contributed by atoms with Gasteiger partial charge in [0.1, 0.15) is 0 Å². The van der Waals surface area contributed by atoms with Crippen LogP contribution in [0.2, 0.25) is 10.0 Å². The largest absolute Gasteiger partial charge is 0.342 e. The van der Waals surface area contributed by atoms with E-state index in [1.807, 2.05) is 4.90 Å². The average molecular weight is 405 g/mol. The zero-order valence-electron chi connectivity index (χ0n) is 12.5. The fraction of sp³-hybridized carbons (Fsp3) is 0.333. The fourth-order valence-corrected chi connectivity index (χ4v) is 7.25. The number of amidine groups is 1. The molecule has 9 heteroatoms. The smallest absolute Gasteiger partial charge is 0.280 e. The number of hydrogen-bond acceptors (Lipinski definition) is 4. The van der Waals surface area contributed by atoms with Crippen molar-refractivity contribution in [1.82, 2.24) is 4.90 Å². The molecule has 2 atom stereocenters. The van der Waals surface area contributed by atoms with Crippen LogP contribution in [0.4, 0.5) is 0 Å². The number of rotatable bonds is 3. The molecule has 0 bridgehead atoms. The summed E-state index contributed by atoms with van der Waals surface area (Å²) in [6.45, 7) is 4.13. The van der Waals surface area contributed by atoms with Gasteiger partial charge in [0.05, 0.1) is 28.1 Å². The van der Waals surface area contributed by atoms with Gasteiger partial charge in [0.15, 0.2) is 15.0 Å². The Kier molecular flexibility index (Phi) is 4.97. The van der Waals surface area contributed by atoms with Crippen LogP contribution in [0.25, 0.3) is 0 Å². The van der Waals surface area contributed by atoms with Gasteiger partial charge in [0.2, 0.25) is 0 Å². The lowest BCUT2D eigenvalue weighted by molar-refractivity contribution is 0.100. The van der Waals surface area contributed by atoms with Gasteiger partial charge in [-0.05, 0) is 18.2 Å². The number of sulfone groups is 1. The van der Waals surface area contributed by atoms with Crippen LogP contribution < -0.4 is 0 Å². The molecule has 0 saturated carbocycles. The number of thioether (sulfide) groups is 1. The Balaban J connectivity index is 1.89. The zero-order valence-corrected chi connectivity index (χ0v) is 15.6. The van der Waals surface area contributed by atoms with Crippen LogP contribution in [0.1, 0.15) is 10.4 Å². The molecule has 5 nitrogen and oxygen atoms in total. The minimum absolute atomic E-state index is 0.0768. The van der Waals surface area contributed by atoms with Crippen LogP contribution in [0.15, 0.2) is 35.8 Å². The van der Waals surface area contributed by atoms with E-state index >= 15 is 0 Å². The molecule has 1 aromatic carbocycles. The second-order valence-corrected chi connectivity index (χ2v) is 9.77. The molecule has 128 valence electrons. The normalized spacial score (nSPS) is 26.6. The van der Waals surface area contributed by atoms with Crippen molar-refractivity contribution in [3.8, 4) is 0 Å². The Labute approximate surface area is 154 Å².